The summed E-state index contributed by atoms with van der Waals surface area (Å²) >= 11 is 0. The first kappa shape index (κ1) is 14.8. The minimum Gasteiger partial charge on any atom is -0.504 e. The Morgan fingerprint density at radius 2 is 2.00 bits per heavy atom. The lowest BCUT2D eigenvalue weighted by molar-refractivity contribution is -0.150. The van der Waals surface area contributed by atoms with Gasteiger partial charge in [-0.2, -0.15) is 0 Å². The summed E-state index contributed by atoms with van der Waals surface area (Å²) < 4.78 is 9.47. The summed E-state index contributed by atoms with van der Waals surface area (Å²) in [5.41, 5.74) is 0.634. The van der Waals surface area contributed by atoms with Crippen molar-refractivity contribution in [2.45, 2.75) is 12.8 Å². The summed E-state index contributed by atoms with van der Waals surface area (Å²) in [5.74, 6) is -2.18. The number of phenolic OH excluding ortho intramolecular Hbond substituents is 1. The molecular weight excluding hydrogens is 252 g/mol. The quantitative estimate of drug-likeness (QED) is 0.753. The first-order chi connectivity index (χ1) is 8.97. The number of hydrogen-bond donors (Lipinski definition) is 2. The number of benzene rings is 1. The zero-order valence-corrected chi connectivity index (χ0v) is 10.8. The maximum atomic E-state index is 11.5. The molecule has 1 atom stereocenters. The van der Waals surface area contributed by atoms with Gasteiger partial charge in [0, 0.05) is 0 Å². The maximum absolute atomic E-state index is 11.5. The second kappa shape index (κ2) is 6.63. The zero-order valence-electron chi connectivity index (χ0n) is 10.8. The van der Waals surface area contributed by atoms with E-state index in [1.807, 2.05) is 0 Å². The average Bonchev–Trinajstić information content (AvgIpc) is 2.36. The van der Waals surface area contributed by atoms with Crippen molar-refractivity contribution >= 4 is 11.9 Å². The number of carboxylic acid groups (broad SMARTS) is 1. The Morgan fingerprint density at radius 3 is 2.47 bits per heavy atom. The number of rotatable bonds is 6. The van der Waals surface area contributed by atoms with Crippen LogP contribution in [0.5, 0.6) is 11.5 Å². The molecule has 0 unspecified atom stereocenters. The predicted octanol–water partition coefficient (Wildman–Crippen LogP) is 1.21. The minimum absolute atomic E-state index is 0.0565. The minimum atomic E-state index is -1.08. The fourth-order valence-electron chi connectivity index (χ4n) is 1.76. The SMILES string of the molecule is COC(=O)[C@H](CC(=O)O)Cc1ccc(OC)c(O)c1. The molecule has 1 aromatic carbocycles. The molecule has 0 radical (unpaired) electrons. The van der Waals surface area contributed by atoms with Gasteiger partial charge in [-0.1, -0.05) is 6.07 Å². The summed E-state index contributed by atoms with van der Waals surface area (Å²) in [6, 6.07) is 4.66. The number of phenols is 1. The van der Waals surface area contributed by atoms with Crippen LogP contribution in [0.4, 0.5) is 0 Å². The van der Waals surface area contributed by atoms with Gasteiger partial charge >= 0.3 is 11.9 Å². The van der Waals surface area contributed by atoms with Crippen molar-refractivity contribution in [3.8, 4) is 11.5 Å². The van der Waals surface area contributed by atoms with Crippen molar-refractivity contribution in [1.82, 2.24) is 0 Å². The molecule has 0 saturated heterocycles. The monoisotopic (exact) mass is 268 g/mol. The highest BCUT2D eigenvalue weighted by Crippen LogP contribution is 2.27. The molecule has 2 N–H and O–H groups in total. The van der Waals surface area contributed by atoms with Crippen molar-refractivity contribution in [3.05, 3.63) is 23.8 Å². The fourth-order valence-corrected chi connectivity index (χ4v) is 1.76. The van der Waals surface area contributed by atoms with E-state index in [4.69, 9.17) is 9.84 Å². The van der Waals surface area contributed by atoms with Gasteiger partial charge in [0.15, 0.2) is 11.5 Å². The third-order valence-electron chi connectivity index (χ3n) is 2.68. The number of carboxylic acids is 1. The van der Waals surface area contributed by atoms with E-state index in [1.165, 1.54) is 20.3 Å². The van der Waals surface area contributed by atoms with E-state index in [2.05, 4.69) is 4.74 Å². The molecule has 6 nitrogen and oxygen atoms in total. The Hall–Kier alpha value is -2.24. The van der Waals surface area contributed by atoms with Crippen LogP contribution in [0.3, 0.4) is 0 Å². The molecular formula is C13H16O6. The smallest absolute Gasteiger partial charge is 0.309 e. The predicted molar refractivity (Wildman–Crippen MR) is 66.1 cm³/mol. The van der Waals surface area contributed by atoms with Crippen molar-refractivity contribution in [1.29, 1.82) is 0 Å². The lowest BCUT2D eigenvalue weighted by atomic mass is 9.96. The van der Waals surface area contributed by atoms with Crippen molar-refractivity contribution in [2.24, 2.45) is 5.92 Å². The molecule has 0 fully saturated rings. The third-order valence-corrected chi connectivity index (χ3v) is 2.68. The van der Waals surface area contributed by atoms with E-state index >= 15 is 0 Å². The highest BCUT2D eigenvalue weighted by atomic mass is 16.5. The number of esters is 1. The first-order valence-electron chi connectivity index (χ1n) is 5.63. The number of hydrogen-bond acceptors (Lipinski definition) is 5. The van der Waals surface area contributed by atoms with Crippen LogP contribution in [0.15, 0.2) is 18.2 Å². The van der Waals surface area contributed by atoms with Gasteiger partial charge in [0.2, 0.25) is 0 Å². The Kier molecular flexibility index (Phi) is 5.17. The summed E-state index contributed by atoms with van der Waals surface area (Å²) in [6.07, 6.45) is -0.143. The van der Waals surface area contributed by atoms with Crippen LogP contribution in [-0.2, 0) is 20.7 Å². The van der Waals surface area contributed by atoms with Gasteiger partial charge in [0.1, 0.15) is 0 Å². The van der Waals surface area contributed by atoms with Crippen LogP contribution in [0.2, 0.25) is 0 Å². The van der Waals surface area contributed by atoms with Crippen molar-refractivity contribution < 1.29 is 29.3 Å². The zero-order chi connectivity index (χ0) is 14.4. The summed E-state index contributed by atoms with van der Waals surface area (Å²) in [7, 11) is 2.64. The van der Waals surface area contributed by atoms with Gasteiger partial charge in [-0.15, -0.1) is 0 Å². The molecule has 0 bridgehead atoms. The van der Waals surface area contributed by atoms with E-state index in [1.54, 1.807) is 12.1 Å². The van der Waals surface area contributed by atoms with Gasteiger partial charge in [0.05, 0.1) is 26.6 Å². The Labute approximate surface area is 110 Å². The number of aromatic hydroxyl groups is 1. The number of carbonyl (C=O) groups excluding carboxylic acids is 1. The lowest BCUT2D eigenvalue weighted by Crippen LogP contribution is -2.22. The Morgan fingerprint density at radius 1 is 1.32 bits per heavy atom. The molecule has 0 aromatic heterocycles. The van der Waals surface area contributed by atoms with Gasteiger partial charge in [0.25, 0.3) is 0 Å². The Bertz CT molecular complexity index is 468. The lowest BCUT2D eigenvalue weighted by Gasteiger charge is -2.13. The van der Waals surface area contributed by atoms with Crippen molar-refractivity contribution in [2.75, 3.05) is 14.2 Å². The number of carbonyl (C=O) groups is 2. The molecule has 1 aromatic rings. The molecule has 0 saturated carbocycles. The summed E-state index contributed by atoms with van der Waals surface area (Å²) in [4.78, 5) is 22.2. The topological polar surface area (TPSA) is 93.1 Å². The second-order valence-corrected chi connectivity index (χ2v) is 4.03. The molecule has 0 amide bonds. The highest BCUT2D eigenvalue weighted by molar-refractivity contribution is 5.79. The second-order valence-electron chi connectivity index (χ2n) is 4.03. The molecule has 6 heteroatoms. The van der Waals surface area contributed by atoms with Gasteiger partial charge in [-0.3, -0.25) is 9.59 Å². The molecule has 0 heterocycles. The molecule has 0 spiro atoms. The normalized spacial score (nSPS) is 11.7. The van der Waals surface area contributed by atoms with E-state index < -0.39 is 17.9 Å². The van der Waals surface area contributed by atoms with E-state index in [0.717, 1.165) is 0 Å². The van der Waals surface area contributed by atoms with Crippen molar-refractivity contribution in [3.63, 3.8) is 0 Å². The maximum Gasteiger partial charge on any atom is 0.309 e. The van der Waals surface area contributed by atoms with Gasteiger partial charge < -0.3 is 19.7 Å². The summed E-state index contributed by atoms with van der Waals surface area (Å²) in [5, 5.41) is 18.4. The van der Waals surface area contributed by atoms with Gasteiger partial charge in [-0.25, -0.2) is 0 Å². The summed E-state index contributed by atoms with van der Waals surface area (Å²) in [6.45, 7) is 0. The van der Waals surface area contributed by atoms with Crippen LogP contribution in [0.25, 0.3) is 0 Å². The van der Waals surface area contributed by atoms with Gasteiger partial charge in [-0.05, 0) is 24.1 Å². The number of aliphatic carboxylic acids is 1. The van der Waals surface area contributed by atoms with Crippen LogP contribution in [0, 0.1) is 5.92 Å². The standard InChI is InChI=1S/C13H16O6/c1-18-11-4-3-8(6-10(11)14)5-9(7-12(15)16)13(17)19-2/h3-4,6,9,14H,5,7H2,1-2H3,(H,15,16)/t9-/m0/s1. The molecule has 1 rings (SSSR count). The molecule has 104 valence electrons. The van der Waals surface area contributed by atoms with Crippen LogP contribution in [0.1, 0.15) is 12.0 Å². The first-order valence-corrected chi connectivity index (χ1v) is 5.63. The third kappa shape index (κ3) is 4.17. The molecule has 0 aliphatic heterocycles. The largest absolute Gasteiger partial charge is 0.504 e. The molecule has 19 heavy (non-hydrogen) atoms. The van der Waals surface area contributed by atoms with E-state index in [0.29, 0.717) is 11.3 Å². The molecule has 0 aliphatic carbocycles. The number of ether oxygens (including phenoxy) is 2. The highest BCUT2D eigenvalue weighted by Gasteiger charge is 2.23. The van der Waals surface area contributed by atoms with E-state index in [-0.39, 0.29) is 18.6 Å². The molecule has 0 aliphatic rings. The fraction of sp³-hybridized carbons (Fsp3) is 0.385. The van der Waals surface area contributed by atoms with E-state index in [9.17, 15) is 14.7 Å². The Balaban J connectivity index is 2.86. The van der Waals surface area contributed by atoms with Crippen LogP contribution < -0.4 is 4.74 Å². The van der Waals surface area contributed by atoms with Crippen LogP contribution in [-0.4, -0.2) is 36.4 Å². The average molecular weight is 268 g/mol. The number of methoxy groups -OCH3 is 2. The van der Waals surface area contributed by atoms with Crippen LogP contribution >= 0.6 is 0 Å².